The van der Waals surface area contributed by atoms with Gasteiger partial charge in [-0.3, -0.25) is 4.79 Å². The van der Waals surface area contributed by atoms with Crippen molar-refractivity contribution in [2.45, 2.75) is 52.7 Å². The van der Waals surface area contributed by atoms with Gasteiger partial charge in [-0.1, -0.05) is 13.8 Å². The molecule has 16 heavy (non-hydrogen) atoms. The smallest absolute Gasteiger partial charge is 0.324 e. The number of hydrogen-bond acceptors (Lipinski definition) is 4. The largest absolute Gasteiger partial charge is 0.465 e. The highest BCUT2D eigenvalue weighted by Gasteiger charge is 2.22. The van der Waals surface area contributed by atoms with E-state index in [9.17, 15) is 4.79 Å². The number of nitrogens with one attached hydrogen (secondary N) is 1. The zero-order valence-electron chi connectivity index (χ0n) is 11.4. The van der Waals surface area contributed by atoms with Crippen LogP contribution in [0.1, 0.15) is 34.6 Å². The van der Waals surface area contributed by atoms with Crippen molar-refractivity contribution in [1.82, 2.24) is 10.2 Å². The molecule has 0 saturated carbocycles. The second-order valence-corrected chi connectivity index (χ2v) is 4.66. The first-order valence-electron chi connectivity index (χ1n) is 6.01. The Labute approximate surface area is 99.3 Å². The van der Waals surface area contributed by atoms with Crippen LogP contribution in [0.2, 0.25) is 0 Å². The third kappa shape index (κ3) is 6.08. The van der Waals surface area contributed by atoms with E-state index in [1.165, 1.54) is 0 Å². The van der Waals surface area contributed by atoms with E-state index in [1.807, 2.05) is 27.8 Å². The first kappa shape index (κ1) is 15.4. The van der Waals surface area contributed by atoms with Crippen LogP contribution in [0, 0.1) is 0 Å². The number of hydrogen-bond donors (Lipinski definition) is 1. The Balaban J connectivity index is 4.36. The normalized spacial score (nSPS) is 13.6. The molecule has 0 radical (unpaired) electrons. The zero-order chi connectivity index (χ0) is 12.7. The van der Waals surface area contributed by atoms with Crippen molar-refractivity contribution in [2.75, 3.05) is 20.2 Å². The maximum atomic E-state index is 11.7. The van der Waals surface area contributed by atoms with Gasteiger partial charge in [0, 0.05) is 18.6 Å². The Morgan fingerprint density at radius 1 is 1.31 bits per heavy atom. The molecule has 0 aliphatic heterocycles. The molecule has 0 spiro atoms. The van der Waals surface area contributed by atoms with Gasteiger partial charge in [0.1, 0.15) is 6.04 Å². The number of carbonyl (C=O) groups is 1. The van der Waals surface area contributed by atoms with E-state index in [2.05, 4.69) is 24.1 Å². The molecule has 96 valence electrons. The lowest BCUT2D eigenvalue weighted by molar-refractivity contribution is -0.146. The van der Waals surface area contributed by atoms with Crippen molar-refractivity contribution in [3.05, 3.63) is 0 Å². The number of ether oxygens (including phenoxy) is 1. The fourth-order valence-corrected chi connectivity index (χ4v) is 1.34. The molecule has 0 rings (SSSR count). The van der Waals surface area contributed by atoms with Crippen molar-refractivity contribution in [3.8, 4) is 0 Å². The summed E-state index contributed by atoms with van der Waals surface area (Å²) in [5.74, 6) is -0.163. The zero-order valence-corrected chi connectivity index (χ0v) is 11.4. The summed E-state index contributed by atoms with van der Waals surface area (Å²) in [5, 5.41) is 3.23. The summed E-state index contributed by atoms with van der Waals surface area (Å²) in [7, 11) is 2.01. The molecule has 0 aromatic rings. The first-order valence-corrected chi connectivity index (χ1v) is 6.01. The molecule has 0 amide bonds. The summed E-state index contributed by atoms with van der Waals surface area (Å²) >= 11 is 0. The molecule has 4 heteroatoms. The van der Waals surface area contributed by atoms with E-state index < -0.39 is 0 Å². The molecule has 0 aliphatic rings. The fourth-order valence-electron chi connectivity index (χ4n) is 1.34. The predicted molar refractivity (Wildman–Crippen MR) is 66.5 cm³/mol. The maximum absolute atomic E-state index is 11.7. The molecule has 0 aromatic carbocycles. The van der Waals surface area contributed by atoms with Crippen LogP contribution in [0.15, 0.2) is 0 Å². The fraction of sp³-hybridized carbons (Fsp3) is 0.917. The minimum absolute atomic E-state index is 0.163. The van der Waals surface area contributed by atoms with Crippen LogP contribution >= 0.6 is 0 Å². The van der Waals surface area contributed by atoms with Crippen LogP contribution in [-0.2, 0) is 9.53 Å². The van der Waals surface area contributed by atoms with Crippen LogP contribution in [0.25, 0.3) is 0 Å². The summed E-state index contributed by atoms with van der Waals surface area (Å²) in [5.41, 5.74) is 0. The molecule has 0 bridgehead atoms. The summed E-state index contributed by atoms with van der Waals surface area (Å²) in [6.45, 7) is 11.2. The van der Waals surface area contributed by atoms with Gasteiger partial charge in [-0.2, -0.15) is 0 Å². The molecule has 1 N–H and O–H groups in total. The minimum Gasteiger partial charge on any atom is -0.465 e. The van der Waals surface area contributed by atoms with Crippen molar-refractivity contribution in [3.63, 3.8) is 0 Å². The SMILES string of the molecule is CCOC(=O)C(CN(C)C(C)C)NC(C)C. The molecule has 0 aliphatic carbocycles. The van der Waals surface area contributed by atoms with Crippen LogP contribution in [0.3, 0.4) is 0 Å². The van der Waals surface area contributed by atoms with Gasteiger partial charge in [-0.15, -0.1) is 0 Å². The van der Waals surface area contributed by atoms with E-state index in [0.29, 0.717) is 19.2 Å². The highest BCUT2D eigenvalue weighted by Crippen LogP contribution is 2.00. The first-order chi connectivity index (χ1) is 7.38. The Morgan fingerprint density at radius 3 is 2.25 bits per heavy atom. The van der Waals surface area contributed by atoms with Crippen LogP contribution in [-0.4, -0.2) is 49.2 Å². The van der Waals surface area contributed by atoms with Crippen molar-refractivity contribution >= 4 is 5.97 Å². The number of likely N-dealkylation sites (N-methyl/N-ethyl adjacent to an activating group) is 1. The van der Waals surface area contributed by atoms with Crippen LogP contribution in [0.5, 0.6) is 0 Å². The van der Waals surface area contributed by atoms with Crippen molar-refractivity contribution in [1.29, 1.82) is 0 Å². The average Bonchev–Trinajstić information content (AvgIpc) is 2.16. The highest BCUT2D eigenvalue weighted by atomic mass is 16.5. The quantitative estimate of drug-likeness (QED) is 0.669. The van der Waals surface area contributed by atoms with Gasteiger partial charge >= 0.3 is 5.97 Å². The molecule has 1 unspecified atom stereocenters. The summed E-state index contributed by atoms with van der Waals surface area (Å²) in [6.07, 6.45) is 0. The number of esters is 1. The molecule has 1 atom stereocenters. The third-order valence-electron chi connectivity index (χ3n) is 2.46. The number of carbonyl (C=O) groups excluding carboxylic acids is 1. The summed E-state index contributed by atoms with van der Waals surface area (Å²) in [6, 6.07) is 0.452. The van der Waals surface area contributed by atoms with E-state index >= 15 is 0 Å². The monoisotopic (exact) mass is 230 g/mol. The standard InChI is InChI=1S/C12H26N2O2/c1-7-16-12(15)11(13-9(2)3)8-14(6)10(4)5/h9-11,13H,7-8H2,1-6H3. The summed E-state index contributed by atoms with van der Waals surface area (Å²) in [4.78, 5) is 13.9. The predicted octanol–water partition coefficient (Wildman–Crippen LogP) is 1.26. The Morgan fingerprint density at radius 2 is 1.88 bits per heavy atom. The van der Waals surface area contributed by atoms with Gasteiger partial charge in [0.15, 0.2) is 0 Å². The van der Waals surface area contributed by atoms with E-state index in [4.69, 9.17) is 4.74 Å². The molecule has 4 nitrogen and oxygen atoms in total. The Kier molecular flexibility index (Phi) is 7.34. The maximum Gasteiger partial charge on any atom is 0.324 e. The van der Waals surface area contributed by atoms with Gasteiger partial charge in [-0.05, 0) is 27.8 Å². The van der Waals surface area contributed by atoms with Gasteiger partial charge in [0.2, 0.25) is 0 Å². The van der Waals surface area contributed by atoms with Crippen molar-refractivity contribution in [2.24, 2.45) is 0 Å². The lowest BCUT2D eigenvalue weighted by atomic mass is 10.2. The van der Waals surface area contributed by atoms with Gasteiger partial charge in [0.25, 0.3) is 0 Å². The molecule has 0 fully saturated rings. The topological polar surface area (TPSA) is 41.6 Å². The van der Waals surface area contributed by atoms with Gasteiger partial charge in [0.05, 0.1) is 6.61 Å². The number of nitrogens with zero attached hydrogens (tertiary/aromatic N) is 1. The van der Waals surface area contributed by atoms with E-state index in [0.717, 1.165) is 0 Å². The lowest BCUT2D eigenvalue weighted by Gasteiger charge is -2.27. The van der Waals surface area contributed by atoms with Crippen LogP contribution < -0.4 is 5.32 Å². The average molecular weight is 230 g/mol. The Hall–Kier alpha value is -0.610. The molecular formula is C12H26N2O2. The second kappa shape index (κ2) is 7.63. The molecular weight excluding hydrogens is 204 g/mol. The van der Waals surface area contributed by atoms with Crippen LogP contribution in [0.4, 0.5) is 0 Å². The van der Waals surface area contributed by atoms with E-state index in [1.54, 1.807) is 0 Å². The third-order valence-corrected chi connectivity index (χ3v) is 2.46. The van der Waals surface area contributed by atoms with Gasteiger partial charge in [-0.25, -0.2) is 0 Å². The minimum atomic E-state index is -0.243. The van der Waals surface area contributed by atoms with E-state index in [-0.39, 0.29) is 18.1 Å². The van der Waals surface area contributed by atoms with Crippen molar-refractivity contribution < 1.29 is 9.53 Å². The molecule has 0 saturated heterocycles. The second-order valence-electron chi connectivity index (χ2n) is 4.66. The molecule has 0 heterocycles. The Bertz CT molecular complexity index is 205. The summed E-state index contributed by atoms with van der Waals surface area (Å²) < 4.78 is 5.06. The highest BCUT2D eigenvalue weighted by molar-refractivity contribution is 5.76. The molecule has 0 aromatic heterocycles. The van der Waals surface area contributed by atoms with Gasteiger partial charge < -0.3 is 15.0 Å². The number of rotatable bonds is 7. The lowest BCUT2D eigenvalue weighted by Crippen LogP contribution is -2.49.